The molecule has 82 valence electrons. The van der Waals surface area contributed by atoms with Gasteiger partial charge in [0.25, 0.3) is 0 Å². The van der Waals surface area contributed by atoms with E-state index in [0.29, 0.717) is 0 Å². The van der Waals surface area contributed by atoms with Crippen molar-refractivity contribution in [2.24, 2.45) is 5.41 Å². The van der Waals surface area contributed by atoms with Gasteiger partial charge in [-0.25, -0.2) is 0 Å². The minimum Gasteiger partial charge on any atom is -0.393 e. The highest BCUT2D eigenvalue weighted by Crippen LogP contribution is 2.32. The number of rotatable bonds is 6. The van der Waals surface area contributed by atoms with Crippen LogP contribution in [-0.4, -0.2) is 11.2 Å². The first-order valence-corrected chi connectivity index (χ1v) is 5.34. The molecule has 0 heterocycles. The van der Waals surface area contributed by atoms with Crippen LogP contribution in [0.25, 0.3) is 0 Å². The van der Waals surface area contributed by atoms with Crippen LogP contribution >= 0.6 is 0 Å². The van der Waals surface area contributed by atoms with E-state index in [1.165, 1.54) is 5.57 Å². The minimum absolute atomic E-state index is 0.0201. The van der Waals surface area contributed by atoms with Crippen LogP contribution in [0.1, 0.15) is 47.0 Å². The van der Waals surface area contributed by atoms with Gasteiger partial charge in [-0.2, -0.15) is 0 Å². The van der Waals surface area contributed by atoms with Crippen molar-refractivity contribution in [3.8, 4) is 0 Å². The van der Waals surface area contributed by atoms with E-state index in [1.807, 2.05) is 13.0 Å². The molecular formula is C13H24O. The maximum Gasteiger partial charge on any atom is 0.0568 e. The molecule has 0 saturated heterocycles. The van der Waals surface area contributed by atoms with Gasteiger partial charge in [0, 0.05) is 0 Å². The first kappa shape index (κ1) is 13.4. The highest BCUT2D eigenvalue weighted by atomic mass is 16.3. The summed E-state index contributed by atoms with van der Waals surface area (Å²) in [6.07, 6.45) is 6.78. The summed E-state index contributed by atoms with van der Waals surface area (Å²) in [4.78, 5) is 0. The Bertz CT molecular complexity index is 199. The lowest BCUT2D eigenvalue weighted by molar-refractivity contribution is 0.0484. The van der Waals surface area contributed by atoms with Gasteiger partial charge in [0.1, 0.15) is 0 Å². The van der Waals surface area contributed by atoms with E-state index in [0.717, 1.165) is 19.3 Å². The van der Waals surface area contributed by atoms with Crippen molar-refractivity contribution in [2.45, 2.75) is 53.1 Å². The standard InChI is InChI=1S/C13H24O/c1-6-9-13(5,12(4)14)10-7-8-11(2)3/h6,8,12,14H,1,7,9-10H2,2-5H3/t12-,13-/m1/s1. The Kier molecular flexibility index (Phi) is 5.78. The van der Waals surface area contributed by atoms with Crippen molar-refractivity contribution in [3.63, 3.8) is 0 Å². The Morgan fingerprint density at radius 1 is 1.50 bits per heavy atom. The van der Waals surface area contributed by atoms with E-state index in [9.17, 15) is 5.11 Å². The lowest BCUT2D eigenvalue weighted by atomic mass is 9.77. The molecule has 0 rings (SSSR count). The quantitative estimate of drug-likeness (QED) is 0.642. The number of hydrogen-bond acceptors (Lipinski definition) is 1. The van der Waals surface area contributed by atoms with Gasteiger partial charge < -0.3 is 5.11 Å². The van der Waals surface area contributed by atoms with Gasteiger partial charge >= 0.3 is 0 Å². The molecule has 0 aliphatic heterocycles. The molecule has 2 atom stereocenters. The third kappa shape index (κ3) is 4.61. The monoisotopic (exact) mass is 196 g/mol. The van der Waals surface area contributed by atoms with E-state index >= 15 is 0 Å². The molecule has 1 heteroatoms. The highest BCUT2D eigenvalue weighted by molar-refractivity contribution is 4.95. The average molecular weight is 196 g/mol. The Balaban J connectivity index is 4.23. The zero-order valence-corrected chi connectivity index (χ0v) is 10.0. The molecular weight excluding hydrogens is 172 g/mol. The molecule has 0 aliphatic carbocycles. The second-order valence-corrected chi connectivity index (χ2v) is 4.64. The van der Waals surface area contributed by atoms with Crippen LogP contribution in [0.5, 0.6) is 0 Å². The first-order chi connectivity index (χ1) is 6.42. The SMILES string of the molecule is C=CC[C@](C)(CCC=C(C)C)[C@@H](C)O. The van der Waals surface area contributed by atoms with Crippen LogP contribution in [0.3, 0.4) is 0 Å². The number of hydrogen-bond donors (Lipinski definition) is 1. The zero-order valence-electron chi connectivity index (χ0n) is 10.0. The Morgan fingerprint density at radius 2 is 2.07 bits per heavy atom. The molecule has 0 bridgehead atoms. The molecule has 0 aliphatic rings. The largest absolute Gasteiger partial charge is 0.393 e. The number of aliphatic hydroxyl groups is 1. The van der Waals surface area contributed by atoms with Gasteiger partial charge in [0.15, 0.2) is 0 Å². The first-order valence-electron chi connectivity index (χ1n) is 5.34. The molecule has 0 spiro atoms. The fourth-order valence-corrected chi connectivity index (χ4v) is 1.50. The highest BCUT2D eigenvalue weighted by Gasteiger charge is 2.27. The Morgan fingerprint density at radius 3 is 2.43 bits per heavy atom. The van der Waals surface area contributed by atoms with Gasteiger partial charge in [-0.15, -0.1) is 6.58 Å². The maximum absolute atomic E-state index is 9.70. The summed E-state index contributed by atoms with van der Waals surface area (Å²) in [5.41, 5.74) is 1.32. The zero-order chi connectivity index (χ0) is 11.2. The van der Waals surface area contributed by atoms with Crippen molar-refractivity contribution < 1.29 is 5.11 Å². The third-order valence-electron chi connectivity index (χ3n) is 2.89. The van der Waals surface area contributed by atoms with Gasteiger partial charge in [-0.3, -0.25) is 0 Å². The molecule has 14 heavy (non-hydrogen) atoms. The van der Waals surface area contributed by atoms with Gasteiger partial charge in [-0.1, -0.05) is 24.6 Å². The summed E-state index contributed by atoms with van der Waals surface area (Å²) in [5, 5.41) is 9.70. The van der Waals surface area contributed by atoms with Gasteiger partial charge in [-0.05, 0) is 45.4 Å². The van der Waals surface area contributed by atoms with E-state index in [4.69, 9.17) is 0 Å². The summed E-state index contributed by atoms with van der Waals surface area (Å²) in [6, 6.07) is 0. The maximum atomic E-state index is 9.70. The molecule has 0 aromatic rings. The van der Waals surface area contributed by atoms with Crippen molar-refractivity contribution in [3.05, 3.63) is 24.3 Å². The topological polar surface area (TPSA) is 20.2 Å². The van der Waals surface area contributed by atoms with Crippen molar-refractivity contribution in [1.82, 2.24) is 0 Å². The van der Waals surface area contributed by atoms with Crippen LogP contribution in [-0.2, 0) is 0 Å². The van der Waals surface area contributed by atoms with Crippen LogP contribution in [0, 0.1) is 5.41 Å². The van der Waals surface area contributed by atoms with E-state index in [1.54, 1.807) is 0 Å². The molecule has 1 nitrogen and oxygen atoms in total. The predicted molar refractivity (Wildman–Crippen MR) is 63.3 cm³/mol. The average Bonchev–Trinajstić information content (AvgIpc) is 2.03. The lowest BCUT2D eigenvalue weighted by Crippen LogP contribution is -2.29. The lowest BCUT2D eigenvalue weighted by Gasteiger charge is -2.31. The summed E-state index contributed by atoms with van der Waals surface area (Å²) in [5.74, 6) is 0. The van der Waals surface area contributed by atoms with E-state index in [-0.39, 0.29) is 11.5 Å². The summed E-state index contributed by atoms with van der Waals surface area (Å²) < 4.78 is 0. The van der Waals surface area contributed by atoms with Crippen molar-refractivity contribution >= 4 is 0 Å². The number of allylic oxidation sites excluding steroid dienone is 3. The van der Waals surface area contributed by atoms with Crippen molar-refractivity contribution in [2.75, 3.05) is 0 Å². The fraction of sp³-hybridized carbons (Fsp3) is 0.692. The molecule has 0 amide bonds. The van der Waals surface area contributed by atoms with E-state index < -0.39 is 0 Å². The fourth-order valence-electron chi connectivity index (χ4n) is 1.50. The smallest absolute Gasteiger partial charge is 0.0568 e. The summed E-state index contributed by atoms with van der Waals surface area (Å²) in [7, 11) is 0. The van der Waals surface area contributed by atoms with Crippen molar-refractivity contribution in [1.29, 1.82) is 0 Å². The van der Waals surface area contributed by atoms with Crippen LogP contribution in [0.2, 0.25) is 0 Å². The number of aliphatic hydroxyl groups excluding tert-OH is 1. The van der Waals surface area contributed by atoms with Gasteiger partial charge in [0.05, 0.1) is 6.10 Å². The second-order valence-electron chi connectivity index (χ2n) is 4.64. The molecule has 0 fully saturated rings. The van der Waals surface area contributed by atoms with Crippen LogP contribution in [0.4, 0.5) is 0 Å². The summed E-state index contributed by atoms with van der Waals surface area (Å²) in [6.45, 7) is 11.9. The Hall–Kier alpha value is -0.560. The minimum atomic E-state index is -0.272. The van der Waals surface area contributed by atoms with E-state index in [2.05, 4.69) is 33.4 Å². The normalized spacial score (nSPS) is 16.9. The van der Waals surface area contributed by atoms with Gasteiger partial charge in [0.2, 0.25) is 0 Å². The third-order valence-corrected chi connectivity index (χ3v) is 2.89. The Labute approximate surface area is 88.5 Å². The molecule has 0 saturated carbocycles. The summed E-state index contributed by atoms with van der Waals surface area (Å²) >= 11 is 0. The second kappa shape index (κ2) is 6.02. The molecule has 0 aromatic heterocycles. The van der Waals surface area contributed by atoms with Crippen LogP contribution in [0.15, 0.2) is 24.3 Å². The molecule has 0 unspecified atom stereocenters. The predicted octanol–water partition coefficient (Wildman–Crippen LogP) is 3.70. The van der Waals surface area contributed by atoms with Crippen LogP contribution < -0.4 is 0 Å². The molecule has 1 N–H and O–H groups in total. The molecule has 0 radical (unpaired) electrons. The molecule has 0 aromatic carbocycles.